The molecule has 0 radical (unpaired) electrons. The first kappa shape index (κ1) is 24.2. The summed E-state index contributed by atoms with van der Waals surface area (Å²) in [6, 6.07) is 24.8. The van der Waals surface area contributed by atoms with Crippen molar-refractivity contribution < 1.29 is 14.3 Å². The minimum absolute atomic E-state index is 0.0414. The number of halogens is 1. The fourth-order valence-corrected chi connectivity index (χ4v) is 5.90. The Kier molecular flexibility index (Phi) is 6.63. The van der Waals surface area contributed by atoms with Gasteiger partial charge in [-0.2, -0.15) is 0 Å². The molecule has 2 aliphatic rings. The standard InChI is InChI=1S/C29H30ClN3O3/c30-21-8-6-9-22(20-21)32-28(27(31)35)14-16-29(17-15-28)25-13-5-4-12-24(25)26(34)33(29)18-7-19-36-23-10-2-1-3-11-23/h1-6,8-13,20,32H,7,14-19H2,(H2,31,35). The van der Waals surface area contributed by atoms with Crippen LogP contribution in [0.4, 0.5) is 5.69 Å². The first-order valence-electron chi connectivity index (χ1n) is 12.4. The van der Waals surface area contributed by atoms with E-state index in [1.165, 1.54) is 0 Å². The van der Waals surface area contributed by atoms with E-state index in [2.05, 4.69) is 11.4 Å². The smallest absolute Gasteiger partial charge is 0.254 e. The van der Waals surface area contributed by atoms with Crippen molar-refractivity contribution in [2.75, 3.05) is 18.5 Å². The number of benzene rings is 3. The van der Waals surface area contributed by atoms with Gasteiger partial charge in [0.25, 0.3) is 5.91 Å². The van der Waals surface area contributed by atoms with E-state index in [1.54, 1.807) is 12.1 Å². The SMILES string of the molecule is NC(=O)C1(Nc2cccc(Cl)c2)CCC2(CC1)c1ccccc1C(=O)N2CCCOc1ccccc1. The van der Waals surface area contributed by atoms with E-state index in [0.717, 1.165) is 22.6 Å². The maximum Gasteiger partial charge on any atom is 0.254 e. The Balaban J connectivity index is 1.36. The van der Waals surface area contributed by atoms with E-state index >= 15 is 0 Å². The zero-order chi connectivity index (χ0) is 25.2. The molecule has 3 N–H and O–H groups in total. The largest absolute Gasteiger partial charge is 0.494 e. The van der Waals surface area contributed by atoms with Crippen LogP contribution >= 0.6 is 11.6 Å². The maximum atomic E-state index is 13.5. The zero-order valence-electron chi connectivity index (χ0n) is 20.1. The minimum Gasteiger partial charge on any atom is -0.494 e. The summed E-state index contributed by atoms with van der Waals surface area (Å²) in [6.45, 7) is 1.09. The number of nitrogens with one attached hydrogen (secondary N) is 1. The van der Waals surface area contributed by atoms with Gasteiger partial charge < -0.3 is 20.7 Å². The number of fused-ring (bicyclic) bond motifs is 2. The highest BCUT2D eigenvalue weighted by molar-refractivity contribution is 6.30. The summed E-state index contributed by atoms with van der Waals surface area (Å²) in [4.78, 5) is 28.3. The van der Waals surface area contributed by atoms with E-state index in [0.29, 0.717) is 50.3 Å². The fourth-order valence-electron chi connectivity index (χ4n) is 5.71. The second-order valence-electron chi connectivity index (χ2n) is 9.63. The van der Waals surface area contributed by atoms with Gasteiger partial charge in [-0.15, -0.1) is 0 Å². The van der Waals surface area contributed by atoms with E-state index in [1.807, 2.05) is 65.6 Å². The van der Waals surface area contributed by atoms with E-state index in [-0.39, 0.29) is 5.91 Å². The monoisotopic (exact) mass is 503 g/mol. The number of carbonyl (C=O) groups is 2. The van der Waals surface area contributed by atoms with Crippen molar-refractivity contribution >= 4 is 29.1 Å². The number of primary amides is 1. The van der Waals surface area contributed by atoms with Crippen LogP contribution in [0, 0.1) is 0 Å². The van der Waals surface area contributed by atoms with Crippen molar-refractivity contribution in [2.24, 2.45) is 5.73 Å². The van der Waals surface area contributed by atoms with Crippen LogP contribution in [-0.2, 0) is 10.3 Å². The lowest BCUT2D eigenvalue weighted by Gasteiger charge is -2.48. The first-order valence-corrected chi connectivity index (χ1v) is 12.7. The highest BCUT2D eigenvalue weighted by Gasteiger charge is 2.54. The van der Waals surface area contributed by atoms with Gasteiger partial charge in [0.05, 0.1) is 12.1 Å². The molecule has 5 rings (SSSR count). The molecule has 6 nitrogen and oxygen atoms in total. The molecular formula is C29H30ClN3O3. The van der Waals surface area contributed by atoms with E-state index in [9.17, 15) is 9.59 Å². The van der Waals surface area contributed by atoms with Gasteiger partial charge in [0.15, 0.2) is 0 Å². The molecule has 1 aliphatic heterocycles. The normalized spacial score (nSPS) is 22.9. The van der Waals surface area contributed by atoms with Crippen molar-refractivity contribution in [1.82, 2.24) is 4.90 Å². The van der Waals surface area contributed by atoms with Crippen molar-refractivity contribution in [3.63, 3.8) is 0 Å². The Morgan fingerprint density at radius 3 is 2.42 bits per heavy atom. The molecule has 0 atom stereocenters. The predicted molar refractivity (Wildman–Crippen MR) is 141 cm³/mol. The lowest BCUT2D eigenvalue weighted by atomic mass is 9.68. The van der Waals surface area contributed by atoms with Crippen LogP contribution in [0.15, 0.2) is 78.9 Å². The molecule has 1 spiro atoms. The molecular weight excluding hydrogens is 474 g/mol. The van der Waals surface area contributed by atoms with Crippen LogP contribution in [0.1, 0.15) is 48.0 Å². The zero-order valence-corrected chi connectivity index (χ0v) is 20.8. The number of rotatable bonds is 8. The Morgan fingerprint density at radius 2 is 1.69 bits per heavy atom. The molecule has 186 valence electrons. The molecule has 36 heavy (non-hydrogen) atoms. The Hall–Kier alpha value is -3.51. The summed E-state index contributed by atoms with van der Waals surface area (Å²) in [5.41, 5.74) is 7.13. The average molecular weight is 504 g/mol. The molecule has 2 amide bonds. The van der Waals surface area contributed by atoms with E-state index in [4.69, 9.17) is 22.1 Å². The maximum absolute atomic E-state index is 13.5. The van der Waals surface area contributed by atoms with Crippen LogP contribution in [0.3, 0.4) is 0 Å². The molecule has 0 saturated heterocycles. The summed E-state index contributed by atoms with van der Waals surface area (Å²) in [6.07, 6.45) is 2.98. The lowest BCUT2D eigenvalue weighted by Crippen LogP contribution is -2.58. The molecule has 1 aliphatic carbocycles. The number of carbonyl (C=O) groups excluding carboxylic acids is 2. The van der Waals surface area contributed by atoms with Gasteiger partial charge in [-0.25, -0.2) is 0 Å². The fraction of sp³-hybridized carbons (Fsp3) is 0.310. The molecule has 1 heterocycles. The van der Waals surface area contributed by atoms with Crippen LogP contribution in [0.2, 0.25) is 5.02 Å². The minimum atomic E-state index is -0.904. The Morgan fingerprint density at radius 1 is 0.972 bits per heavy atom. The van der Waals surface area contributed by atoms with Crippen molar-refractivity contribution in [3.05, 3.63) is 95.0 Å². The van der Waals surface area contributed by atoms with Crippen LogP contribution in [0.5, 0.6) is 5.75 Å². The van der Waals surface area contributed by atoms with E-state index < -0.39 is 17.0 Å². The molecule has 0 aromatic heterocycles. The van der Waals surface area contributed by atoms with Crippen molar-refractivity contribution in [1.29, 1.82) is 0 Å². The van der Waals surface area contributed by atoms with Gasteiger partial charge in [-0.05, 0) is 74.1 Å². The third-order valence-corrected chi connectivity index (χ3v) is 7.80. The number of para-hydroxylation sites is 1. The molecule has 7 heteroatoms. The highest BCUT2D eigenvalue weighted by atomic mass is 35.5. The summed E-state index contributed by atoms with van der Waals surface area (Å²) in [5, 5.41) is 3.97. The second-order valence-corrected chi connectivity index (χ2v) is 10.1. The first-order chi connectivity index (χ1) is 17.4. The molecule has 0 unspecified atom stereocenters. The summed E-state index contributed by atoms with van der Waals surface area (Å²) in [5.74, 6) is 0.469. The number of nitrogens with two attached hydrogens (primary N) is 1. The number of anilines is 1. The van der Waals surface area contributed by atoms with Crippen LogP contribution in [0.25, 0.3) is 0 Å². The summed E-state index contributed by atoms with van der Waals surface area (Å²) in [7, 11) is 0. The number of hydrogen-bond acceptors (Lipinski definition) is 4. The Labute approximate surface area is 216 Å². The molecule has 1 fully saturated rings. The Bertz CT molecular complexity index is 1260. The predicted octanol–water partition coefficient (Wildman–Crippen LogP) is 5.37. The number of ether oxygens (including phenoxy) is 1. The van der Waals surface area contributed by atoms with Crippen molar-refractivity contribution in [2.45, 2.75) is 43.2 Å². The van der Waals surface area contributed by atoms with Gasteiger partial charge in [0.1, 0.15) is 11.3 Å². The second kappa shape index (κ2) is 9.86. The topological polar surface area (TPSA) is 84.7 Å². The third kappa shape index (κ3) is 4.42. The van der Waals surface area contributed by atoms with Gasteiger partial charge in [-0.1, -0.05) is 54.1 Å². The van der Waals surface area contributed by atoms with Crippen LogP contribution < -0.4 is 15.8 Å². The summed E-state index contributed by atoms with van der Waals surface area (Å²) >= 11 is 6.17. The molecule has 3 aromatic carbocycles. The average Bonchev–Trinajstić information content (AvgIpc) is 3.11. The third-order valence-electron chi connectivity index (χ3n) is 7.57. The van der Waals surface area contributed by atoms with Gasteiger partial charge >= 0.3 is 0 Å². The lowest BCUT2D eigenvalue weighted by molar-refractivity contribution is -0.124. The van der Waals surface area contributed by atoms with Gasteiger partial charge in [-0.3, -0.25) is 9.59 Å². The quantitative estimate of drug-likeness (QED) is 0.405. The van der Waals surface area contributed by atoms with Gasteiger partial charge in [0.2, 0.25) is 5.91 Å². The van der Waals surface area contributed by atoms with Crippen LogP contribution in [-0.4, -0.2) is 35.4 Å². The number of amides is 2. The molecule has 3 aromatic rings. The number of nitrogens with zero attached hydrogens (tertiary/aromatic N) is 1. The number of hydrogen-bond donors (Lipinski definition) is 2. The molecule has 1 saturated carbocycles. The van der Waals surface area contributed by atoms with Crippen molar-refractivity contribution in [3.8, 4) is 5.75 Å². The summed E-state index contributed by atoms with van der Waals surface area (Å²) < 4.78 is 5.87. The van der Waals surface area contributed by atoms with Gasteiger partial charge in [0, 0.05) is 22.8 Å². The molecule has 0 bridgehead atoms. The highest BCUT2D eigenvalue weighted by Crippen LogP contribution is 2.51.